The van der Waals surface area contributed by atoms with Crippen LogP contribution in [-0.2, 0) is 16.1 Å². The molecule has 0 aliphatic carbocycles. The van der Waals surface area contributed by atoms with Gasteiger partial charge in [-0.1, -0.05) is 26.0 Å². The molecule has 1 aliphatic rings. The minimum Gasteiger partial charge on any atom is -0.387 e. The molecule has 0 spiro atoms. The highest BCUT2D eigenvalue weighted by atomic mass is 32.1. The number of carbonyl (C=O) groups is 2. The van der Waals surface area contributed by atoms with Crippen molar-refractivity contribution in [2.24, 2.45) is 16.5 Å². The van der Waals surface area contributed by atoms with E-state index in [1.54, 1.807) is 6.20 Å². The summed E-state index contributed by atoms with van der Waals surface area (Å²) < 4.78 is 2.13. The van der Waals surface area contributed by atoms with Crippen molar-refractivity contribution in [1.82, 2.24) is 9.47 Å². The molecule has 35 heavy (non-hydrogen) atoms. The molecule has 2 aromatic heterocycles. The topological polar surface area (TPSA) is 124 Å². The van der Waals surface area contributed by atoms with Crippen molar-refractivity contribution in [3.63, 3.8) is 0 Å². The van der Waals surface area contributed by atoms with Crippen molar-refractivity contribution >= 4 is 50.8 Å². The zero-order valence-electron chi connectivity index (χ0n) is 19.9. The smallest absolute Gasteiger partial charge is 0.259 e. The number of primary amides is 1. The van der Waals surface area contributed by atoms with Crippen LogP contribution in [0.4, 0.5) is 5.69 Å². The Bertz CT molecular complexity index is 1410. The minimum absolute atomic E-state index is 0.000484. The van der Waals surface area contributed by atoms with Crippen LogP contribution in [0.25, 0.3) is 26.6 Å². The standard InChI is InChI=1S/C26H29N5O3S/c1-3-8-30(9-4-2)25(33)18-11-16-5-6-17(12-20(16)29-23(27)13-18)22-14-19-21(35-22)7-10-31(26(19)34)15-24(28)32/h5-7,10-12,14H,3-4,8-9,13,15H2,1-2H3,(H2,27,29)(H2,28,32). The highest BCUT2D eigenvalue weighted by Crippen LogP contribution is 2.36. The maximum absolute atomic E-state index is 13.2. The number of fused-ring (bicyclic) bond motifs is 2. The summed E-state index contributed by atoms with van der Waals surface area (Å²) in [5.41, 5.74) is 14.2. The van der Waals surface area contributed by atoms with Crippen molar-refractivity contribution in [2.45, 2.75) is 39.7 Å². The average Bonchev–Trinajstić information content (AvgIpc) is 3.18. The van der Waals surface area contributed by atoms with Gasteiger partial charge in [-0.3, -0.25) is 14.4 Å². The van der Waals surface area contributed by atoms with E-state index in [2.05, 4.69) is 18.8 Å². The molecule has 1 aromatic carbocycles. The van der Waals surface area contributed by atoms with Crippen LogP contribution in [0.1, 0.15) is 38.7 Å². The van der Waals surface area contributed by atoms with Crippen molar-refractivity contribution in [3.8, 4) is 10.4 Å². The molecule has 8 nitrogen and oxygen atoms in total. The van der Waals surface area contributed by atoms with Crippen molar-refractivity contribution in [3.05, 3.63) is 58.0 Å². The first-order valence-corrected chi connectivity index (χ1v) is 12.5. The summed E-state index contributed by atoms with van der Waals surface area (Å²) in [6.45, 7) is 5.38. The first-order chi connectivity index (χ1) is 16.8. The van der Waals surface area contributed by atoms with Crippen LogP contribution in [0.2, 0.25) is 0 Å². The second kappa shape index (κ2) is 10.3. The van der Waals surface area contributed by atoms with Gasteiger partial charge in [-0.25, -0.2) is 4.99 Å². The van der Waals surface area contributed by atoms with E-state index in [-0.39, 0.29) is 18.0 Å². The van der Waals surface area contributed by atoms with Crippen molar-refractivity contribution in [1.29, 1.82) is 0 Å². The van der Waals surface area contributed by atoms with Crippen LogP contribution in [0, 0.1) is 0 Å². The van der Waals surface area contributed by atoms with E-state index in [9.17, 15) is 14.4 Å². The number of aliphatic imine (C=N–C) groups is 1. The van der Waals surface area contributed by atoms with Crippen LogP contribution >= 0.6 is 11.3 Å². The second-order valence-corrected chi connectivity index (χ2v) is 9.70. The molecule has 0 unspecified atom stereocenters. The quantitative estimate of drug-likeness (QED) is 0.499. The number of hydrogen-bond acceptors (Lipinski definition) is 6. The van der Waals surface area contributed by atoms with E-state index in [0.717, 1.165) is 33.5 Å². The van der Waals surface area contributed by atoms with Gasteiger partial charge in [-0.2, -0.15) is 0 Å². The third-order valence-electron chi connectivity index (χ3n) is 5.81. The van der Waals surface area contributed by atoms with Crippen LogP contribution in [0.15, 0.2) is 51.9 Å². The SMILES string of the molecule is CCCN(CCC)C(=O)C1=Cc2ccc(-c3cc4c(=O)n(CC(N)=O)ccc4s3)cc2N=C(N)C1. The van der Waals surface area contributed by atoms with Gasteiger partial charge in [0.1, 0.15) is 12.4 Å². The highest BCUT2D eigenvalue weighted by Gasteiger charge is 2.21. The number of carbonyl (C=O) groups excluding carboxylic acids is 2. The zero-order valence-corrected chi connectivity index (χ0v) is 20.7. The Balaban J connectivity index is 1.71. The number of rotatable bonds is 8. The molecule has 0 bridgehead atoms. The summed E-state index contributed by atoms with van der Waals surface area (Å²) >= 11 is 1.48. The highest BCUT2D eigenvalue weighted by molar-refractivity contribution is 7.22. The lowest BCUT2D eigenvalue weighted by Gasteiger charge is -2.22. The largest absolute Gasteiger partial charge is 0.387 e. The fourth-order valence-corrected chi connectivity index (χ4v) is 5.29. The van der Waals surface area contributed by atoms with Gasteiger partial charge in [0.15, 0.2) is 0 Å². The minimum atomic E-state index is -0.568. The average molecular weight is 492 g/mol. The molecule has 1 aliphatic heterocycles. The first-order valence-electron chi connectivity index (χ1n) is 11.7. The van der Waals surface area contributed by atoms with Gasteiger partial charge < -0.3 is 20.9 Å². The number of pyridine rings is 1. The van der Waals surface area contributed by atoms with Gasteiger partial charge >= 0.3 is 0 Å². The van der Waals surface area contributed by atoms with Gasteiger partial charge in [-0.15, -0.1) is 11.3 Å². The van der Waals surface area contributed by atoms with Crippen molar-refractivity contribution < 1.29 is 9.59 Å². The van der Waals surface area contributed by atoms with Crippen LogP contribution < -0.4 is 17.0 Å². The van der Waals surface area contributed by atoms with E-state index >= 15 is 0 Å². The Kier molecular flexibility index (Phi) is 7.16. The number of thiophene rings is 1. The van der Waals surface area contributed by atoms with E-state index in [4.69, 9.17) is 11.5 Å². The van der Waals surface area contributed by atoms with Gasteiger partial charge in [0.25, 0.3) is 5.56 Å². The predicted molar refractivity (Wildman–Crippen MR) is 142 cm³/mol. The Morgan fingerprint density at radius 2 is 1.89 bits per heavy atom. The van der Waals surface area contributed by atoms with E-state index in [0.29, 0.717) is 42.0 Å². The third-order valence-corrected chi connectivity index (χ3v) is 6.96. The molecule has 0 atom stereocenters. The molecular weight excluding hydrogens is 462 g/mol. The second-order valence-electron chi connectivity index (χ2n) is 8.62. The molecule has 3 heterocycles. The number of hydrogen-bond donors (Lipinski definition) is 2. The molecule has 4 N–H and O–H groups in total. The maximum atomic E-state index is 13.2. The third kappa shape index (κ3) is 5.19. The lowest BCUT2D eigenvalue weighted by molar-refractivity contribution is -0.127. The van der Waals surface area contributed by atoms with E-state index < -0.39 is 5.91 Å². The summed E-state index contributed by atoms with van der Waals surface area (Å²) in [6, 6.07) is 9.45. The normalized spacial score (nSPS) is 13.1. The molecule has 182 valence electrons. The van der Waals surface area contributed by atoms with Gasteiger partial charge in [0.2, 0.25) is 11.8 Å². The van der Waals surface area contributed by atoms with Gasteiger partial charge in [0.05, 0.1) is 11.1 Å². The Hall–Kier alpha value is -3.72. The Labute approximate surface area is 207 Å². The summed E-state index contributed by atoms with van der Waals surface area (Å²) in [7, 11) is 0. The molecule has 0 saturated heterocycles. The Morgan fingerprint density at radius 1 is 1.14 bits per heavy atom. The van der Waals surface area contributed by atoms with E-state index in [1.807, 2.05) is 41.3 Å². The fraction of sp³-hybridized carbons (Fsp3) is 0.308. The van der Waals surface area contributed by atoms with Crippen LogP contribution in [-0.4, -0.2) is 40.2 Å². The van der Waals surface area contributed by atoms with Crippen LogP contribution in [0.5, 0.6) is 0 Å². The van der Waals surface area contributed by atoms with Crippen molar-refractivity contribution in [2.75, 3.05) is 13.1 Å². The summed E-state index contributed by atoms with van der Waals surface area (Å²) in [5, 5.41) is 0.534. The summed E-state index contributed by atoms with van der Waals surface area (Å²) in [6.07, 6.45) is 5.56. The number of amidine groups is 1. The maximum Gasteiger partial charge on any atom is 0.259 e. The number of aromatic nitrogens is 1. The number of nitrogens with zero attached hydrogens (tertiary/aromatic N) is 3. The molecule has 4 rings (SSSR count). The van der Waals surface area contributed by atoms with Crippen LogP contribution in [0.3, 0.4) is 0 Å². The molecule has 0 radical (unpaired) electrons. The van der Waals surface area contributed by atoms with Gasteiger partial charge in [0, 0.05) is 46.4 Å². The number of amides is 2. The van der Waals surface area contributed by atoms with E-state index in [1.165, 1.54) is 15.9 Å². The summed E-state index contributed by atoms with van der Waals surface area (Å²) in [5.74, 6) is -0.179. The number of benzene rings is 1. The number of nitrogens with two attached hydrogens (primary N) is 2. The zero-order chi connectivity index (χ0) is 25.1. The lowest BCUT2D eigenvalue weighted by Crippen LogP contribution is -2.34. The lowest BCUT2D eigenvalue weighted by atomic mass is 10.0. The Morgan fingerprint density at radius 3 is 2.57 bits per heavy atom. The molecule has 0 saturated carbocycles. The predicted octanol–water partition coefficient (Wildman–Crippen LogP) is 3.64. The molecule has 3 aromatic rings. The monoisotopic (exact) mass is 491 g/mol. The first kappa shape index (κ1) is 24.4. The van der Waals surface area contributed by atoms with Gasteiger partial charge in [-0.05, 0) is 42.7 Å². The fourth-order valence-electron chi connectivity index (χ4n) is 4.25. The molecule has 9 heteroatoms. The molecule has 2 amide bonds. The molecule has 0 fully saturated rings. The summed E-state index contributed by atoms with van der Waals surface area (Å²) in [4.78, 5) is 44.6. The molecular formula is C26H29N5O3S.